The van der Waals surface area contributed by atoms with Gasteiger partial charge in [0.25, 0.3) is 10.0 Å². The topological polar surface area (TPSA) is 66.5 Å². The Morgan fingerprint density at radius 1 is 0.893 bits per heavy atom. The summed E-state index contributed by atoms with van der Waals surface area (Å²) in [4.78, 5) is 12.5. The van der Waals surface area contributed by atoms with Gasteiger partial charge >= 0.3 is 6.03 Å². The number of hydrogen-bond donors (Lipinski definition) is 1. The molecule has 0 saturated heterocycles. The van der Waals surface area contributed by atoms with Crippen LogP contribution in [0.5, 0.6) is 0 Å². The van der Waals surface area contributed by atoms with Gasteiger partial charge in [-0.1, -0.05) is 76.8 Å². The average molecular weight is 431 g/mol. The molecular formula is C21H35ClN2O3S. The highest BCUT2D eigenvalue weighted by Crippen LogP contribution is 2.20. The lowest BCUT2D eigenvalue weighted by molar-refractivity contribution is 0.222. The maximum absolute atomic E-state index is 12.9. The Hall–Kier alpha value is -1.27. The van der Waals surface area contributed by atoms with E-state index in [0.29, 0.717) is 18.0 Å². The van der Waals surface area contributed by atoms with Gasteiger partial charge in [0.05, 0.1) is 4.90 Å². The number of benzene rings is 1. The van der Waals surface area contributed by atoms with Crippen molar-refractivity contribution in [3.8, 4) is 0 Å². The summed E-state index contributed by atoms with van der Waals surface area (Å²) >= 11 is 5.86. The minimum atomic E-state index is -3.89. The molecule has 0 bridgehead atoms. The molecule has 7 heteroatoms. The quantitative estimate of drug-likeness (QED) is 0.369. The summed E-state index contributed by atoms with van der Waals surface area (Å²) in [5.74, 6) is 0. The zero-order chi connectivity index (χ0) is 20.8. The van der Waals surface area contributed by atoms with Gasteiger partial charge in [-0.25, -0.2) is 17.5 Å². The van der Waals surface area contributed by atoms with E-state index < -0.39 is 16.1 Å². The van der Waals surface area contributed by atoms with Crippen LogP contribution in [0.15, 0.2) is 29.2 Å². The van der Waals surface area contributed by atoms with Gasteiger partial charge in [-0.05, 0) is 37.1 Å². The Balaban J connectivity index is 2.60. The van der Waals surface area contributed by atoms with Crippen molar-refractivity contribution in [3.63, 3.8) is 0 Å². The molecule has 0 atom stereocenters. The molecule has 0 spiro atoms. The predicted molar refractivity (Wildman–Crippen MR) is 116 cm³/mol. The molecule has 1 rings (SSSR count). The van der Waals surface area contributed by atoms with E-state index in [9.17, 15) is 13.2 Å². The Morgan fingerprint density at radius 2 is 1.43 bits per heavy atom. The van der Waals surface area contributed by atoms with Crippen LogP contribution in [0.3, 0.4) is 0 Å². The SMILES string of the molecule is CCCCCCCCCCCN(C(=O)NCCC)S(=O)(=O)c1ccc(Cl)cc1. The van der Waals surface area contributed by atoms with Gasteiger partial charge in [-0.2, -0.15) is 0 Å². The number of sulfonamides is 1. The number of nitrogens with zero attached hydrogens (tertiary/aromatic N) is 1. The van der Waals surface area contributed by atoms with Gasteiger partial charge in [-0.15, -0.1) is 0 Å². The molecule has 5 nitrogen and oxygen atoms in total. The monoisotopic (exact) mass is 430 g/mol. The van der Waals surface area contributed by atoms with Crippen LogP contribution in [0, 0.1) is 0 Å². The zero-order valence-corrected chi connectivity index (χ0v) is 18.8. The minimum Gasteiger partial charge on any atom is -0.337 e. The van der Waals surface area contributed by atoms with E-state index in [-0.39, 0.29) is 11.4 Å². The van der Waals surface area contributed by atoms with Crippen molar-refractivity contribution in [3.05, 3.63) is 29.3 Å². The van der Waals surface area contributed by atoms with Gasteiger partial charge in [0.2, 0.25) is 0 Å². The molecule has 1 aromatic carbocycles. The van der Waals surface area contributed by atoms with Crippen molar-refractivity contribution in [2.75, 3.05) is 13.1 Å². The average Bonchev–Trinajstić information content (AvgIpc) is 2.67. The molecule has 1 aromatic rings. The van der Waals surface area contributed by atoms with E-state index in [1.54, 1.807) is 0 Å². The van der Waals surface area contributed by atoms with Gasteiger partial charge < -0.3 is 5.32 Å². The lowest BCUT2D eigenvalue weighted by atomic mass is 10.1. The number of carbonyl (C=O) groups is 1. The van der Waals surface area contributed by atoms with Gasteiger partial charge in [0, 0.05) is 18.1 Å². The fourth-order valence-corrected chi connectivity index (χ4v) is 4.46. The Labute approximate surface area is 175 Å². The number of urea groups is 1. The van der Waals surface area contributed by atoms with Crippen molar-refractivity contribution in [2.24, 2.45) is 0 Å². The Bertz CT molecular complexity index is 663. The number of nitrogens with one attached hydrogen (secondary N) is 1. The zero-order valence-electron chi connectivity index (χ0n) is 17.3. The molecule has 0 saturated carbocycles. The standard InChI is InChI=1S/C21H35ClN2O3S/c1-3-5-6-7-8-9-10-11-12-18-24(21(25)23-17-4-2)28(26,27)20-15-13-19(22)14-16-20/h13-16H,3-12,17-18H2,1-2H3,(H,23,25). The van der Waals surface area contributed by atoms with E-state index in [0.717, 1.165) is 30.0 Å². The first kappa shape index (κ1) is 24.8. The van der Waals surface area contributed by atoms with Crippen molar-refractivity contribution in [1.82, 2.24) is 9.62 Å². The maximum atomic E-state index is 12.9. The summed E-state index contributed by atoms with van der Waals surface area (Å²) in [5, 5.41) is 3.14. The highest BCUT2D eigenvalue weighted by molar-refractivity contribution is 7.89. The van der Waals surface area contributed by atoms with Gasteiger partial charge in [0.1, 0.15) is 0 Å². The van der Waals surface area contributed by atoms with Crippen LogP contribution in [0.25, 0.3) is 0 Å². The summed E-state index contributed by atoms with van der Waals surface area (Å²) in [5.41, 5.74) is 0. The van der Waals surface area contributed by atoms with E-state index in [1.165, 1.54) is 56.4 Å². The first-order valence-corrected chi connectivity index (χ1v) is 12.3. The fraction of sp³-hybridized carbons (Fsp3) is 0.667. The Morgan fingerprint density at radius 3 is 1.96 bits per heavy atom. The molecule has 2 amide bonds. The summed E-state index contributed by atoms with van der Waals surface area (Å²) < 4.78 is 26.8. The molecule has 1 N–H and O–H groups in total. The number of carbonyl (C=O) groups excluding carboxylic acids is 1. The third-order valence-corrected chi connectivity index (χ3v) is 6.67. The largest absolute Gasteiger partial charge is 0.337 e. The van der Waals surface area contributed by atoms with Crippen LogP contribution in [-0.4, -0.2) is 31.8 Å². The first-order chi connectivity index (χ1) is 13.4. The molecule has 0 heterocycles. The van der Waals surface area contributed by atoms with Crippen LogP contribution in [-0.2, 0) is 10.0 Å². The first-order valence-electron chi connectivity index (χ1n) is 10.5. The lowest BCUT2D eigenvalue weighted by Crippen LogP contribution is -2.44. The molecular weight excluding hydrogens is 396 g/mol. The van der Waals surface area contributed by atoms with E-state index in [1.807, 2.05) is 6.92 Å². The number of amides is 2. The van der Waals surface area contributed by atoms with Crippen LogP contribution >= 0.6 is 11.6 Å². The van der Waals surface area contributed by atoms with Crippen molar-refractivity contribution in [2.45, 2.75) is 83.0 Å². The highest BCUT2D eigenvalue weighted by atomic mass is 35.5. The van der Waals surface area contributed by atoms with Crippen molar-refractivity contribution < 1.29 is 13.2 Å². The lowest BCUT2D eigenvalue weighted by Gasteiger charge is -2.23. The third kappa shape index (κ3) is 8.82. The van der Waals surface area contributed by atoms with Crippen LogP contribution in [0.2, 0.25) is 5.02 Å². The van der Waals surface area contributed by atoms with Crippen molar-refractivity contribution in [1.29, 1.82) is 0 Å². The molecule has 160 valence electrons. The van der Waals surface area contributed by atoms with E-state index in [4.69, 9.17) is 11.6 Å². The second-order valence-corrected chi connectivity index (χ2v) is 9.39. The van der Waals surface area contributed by atoms with Crippen LogP contribution < -0.4 is 5.32 Å². The summed E-state index contributed by atoms with van der Waals surface area (Å²) in [6.45, 7) is 4.78. The molecule has 0 fully saturated rings. The van der Waals surface area contributed by atoms with Crippen LogP contribution in [0.1, 0.15) is 78.1 Å². The normalized spacial score (nSPS) is 11.4. The number of halogens is 1. The molecule has 0 radical (unpaired) electrons. The number of hydrogen-bond acceptors (Lipinski definition) is 3. The fourth-order valence-electron chi connectivity index (χ4n) is 2.95. The molecule has 0 aliphatic carbocycles. The molecule has 0 aliphatic rings. The Kier molecular flexibility index (Phi) is 12.2. The van der Waals surface area contributed by atoms with Crippen LogP contribution in [0.4, 0.5) is 4.79 Å². The smallest absolute Gasteiger partial charge is 0.331 e. The van der Waals surface area contributed by atoms with E-state index >= 15 is 0 Å². The second kappa shape index (κ2) is 13.8. The summed E-state index contributed by atoms with van der Waals surface area (Å²) in [6, 6.07) is 5.36. The second-order valence-electron chi connectivity index (χ2n) is 7.09. The maximum Gasteiger partial charge on any atom is 0.331 e. The molecule has 0 aromatic heterocycles. The minimum absolute atomic E-state index is 0.0828. The number of unbranched alkanes of at least 4 members (excludes halogenated alkanes) is 8. The molecule has 28 heavy (non-hydrogen) atoms. The predicted octanol–water partition coefficient (Wildman–Crippen LogP) is 5.98. The highest BCUT2D eigenvalue weighted by Gasteiger charge is 2.28. The molecule has 0 unspecified atom stereocenters. The summed E-state index contributed by atoms with van der Waals surface area (Å²) in [6.07, 6.45) is 10.9. The van der Waals surface area contributed by atoms with Gasteiger partial charge in [-0.3, -0.25) is 0 Å². The van der Waals surface area contributed by atoms with E-state index in [2.05, 4.69) is 12.2 Å². The number of rotatable bonds is 14. The van der Waals surface area contributed by atoms with Gasteiger partial charge in [0.15, 0.2) is 0 Å². The summed E-state index contributed by atoms with van der Waals surface area (Å²) in [7, 11) is -3.89. The molecule has 0 aliphatic heterocycles. The van der Waals surface area contributed by atoms with Crippen molar-refractivity contribution >= 4 is 27.7 Å². The third-order valence-electron chi connectivity index (χ3n) is 4.62.